The van der Waals surface area contributed by atoms with Crippen molar-refractivity contribution in [1.82, 2.24) is 9.55 Å². The average Bonchev–Trinajstić information content (AvgIpc) is 2.77. The van der Waals surface area contributed by atoms with E-state index in [0.29, 0.717) is 28.0 Å². The number of anilines is 3. The van der Waals surface area contributed by atoms with Gasteiger partial charge in [0, 0.05) is 17.1 Å². The molecular weight excluding hydrogens is 406 g/mol. The zero-order valence-electron chi connectivity index (χ0n) is 17.3. The largest absolute Gasteiger partial charge is 0.324 e. The van der Waals surface area contributed by atoms with Crippen molar-refractivity contribution >= 4 is 39.9 Å². The maximum Gasteiger partial charge on any atom is 0.323 e. The van der Waals surface area contributed by atoms with Gasteiger partial charge < -0.3 is 16.0 Å². The molecule has 8 heteroatoms. The number of para-hydroxylation sites is 2. The first-order valence-electron chi connectivity index (χ1n) is 9.97. The van der Waals surface area contributed by atoms with Crippen molar-refractivity contribution < 1.29 is 9.59 Å². The van der Waals surface area contributed by atoms with E-state index in [1.165, 1.54) is 10.9 Å². The lowest BCUT2D eigenvalue weighted by atomic mass is 10.1. The highest BCUT2D eigenvalue weighted by Gasteiger charge is 2.10. The number of hydrogen-bond donors (Lipinski definition) is 3. The first-order valence-corrected chi connectivity index (χ1v) is 9.97. The van der Waals surface area contributed by atoms with Crippen LogP contribution in [0, 0.1) is 6.92 Å². The van der Waals surface area contributed by atoms with Crippen LogP contribution < -0.4 is 21.5 Å². The highest BCUT2D eigenvalue weighted by atomic mass is 16.2. The number of amides is 3. The Balaban J connectivity index is 1.42. The second kappa shape index (κ2) is 9.13. The third kappa shape index (κ3) is 4.81. The highest BCUT2D eigenvalue weighted by molar-refractivity contribution is 6.00. The van der Waals surface area contributed by atoms with Crippen LogP contribution in [0.15, 0.2) is 83.9 Å². The number of urea groups is 1. The Morgan fingerprint density at radius 1 is 0.844 bits per heavy atom. The van der Waals surface area contributed by atoms with Crippen molar-refractivity contribution in [2.45, 2.75) is 13.5 Å². The molecule has 0 unspecified atom stereocenters. The third-order valence-electron chi connectivity index (χ3n) is 4.81. The van der Waals surface area contributed by atoms with Crippen LogP contribution in [-0.4, -0.2) is 21.5 Å². The molecule has 0 saturated heterocycles. The summed E-state index contributed by atoms with van der Waals surface area (Å²) in [6.07, 6.45) is 1.38. The van der Waals surface area contributed by atoms with Crippen LogP contribution in [0.25, 0.3) is 10.9 Å². The second-order valence-corrected chi connectivity index (χ2v) is 7.22. The Bertz CT molecular complexity index is 1350. The summed E-state index contributed by atoms with van der Waals surface area (Å²) in [5, 5.41) is 8.66. The van der Waals surface area contributed by atoms with Crippen molar-refractivity contribution in [3.05, 3.63) is 95.0 Å². The van der Waals surface area contributed by atoms with E-state index >= 15 is 0 Å². The molecule has 160 valence electrons. The van der Waals surface area contributed by atoms with Gasteiger partial charge in [-0.1, -0.05) is 36.4 Å². The summed E-state index contributed by atoms with van der Waals surface area (Å²) in [5.41, 5.74) is 2.92. The van der Waals surface area contributed by atoms with Crippen LogP contribution in [-0.2, 0) is 11.3 Å². The lowest BCUT2D eigenvalue weighted by Crippen LogP contribution is -2.28. The molecule has 4 rings (SSSR count). The van der Waals surface area contributed by atoms with E-state index < -0.39 is 6.03 Å². The Kier molecular flexibility index (Phi) is 5.94. The topological polar surface area (TPSA) is 105 Å². The summed E-state index contributed by atoms with van der Waals surface area (Å²) in [5.74, 6) is -0.383. The van der Waals surface area contributed by atoms with Crippen molar-refractivity contribution in [3.8, 4) is 0 Å². The van der Waals surface area contributed by atoms with Gasteiger partial charge in [-0.25, -0.2) is 9.78 Å². The number of nitrogens with one attached hydrogen (secondary N) is 3. The number of aryl methyl sites for hydroxylation is 1. The lowest BCUT2D eigenvalue weighted by Gasteiger charge is -2.11. The summed E-state index contributed by atoms with van der Waals surface area (Å²) in [6, 6.07) is 20.8. The molecule has 1 aromatic heterocycles. The predicted molar refractivity (Wildman–Crippen MR) is 125 cm³/mol. The molecule has 0 atom stereocenters. The third-order valence-corrected chi connectivity index (χ3v) is 4.81. The molecule has 0 fully saturated rings. The molecular formula is C24H21N5O3. The fraction of sp³-hybridized carbons (Fsp3) is 0.0833. The molecule has 4 aromatic rings. The van der Waals surface area contributed by atoms with E-state index in [2.05, 4.69) is 20.9 Å². The van der Waals surface area contributed by atoms with Crippen LogP contribution >= 0.6 is 0 Å². The molecule has 0 saturated carbocycles. The van der Waals surface area contributed by atoms with Gasteiger partial charge in [-0.3, -0.25) is 14.2 Å². The number of fused-ring (bicyclic) bond motifs is 1. The molecule has 0 aliphatic heterocycles. The number of benzene rings is 3. The van der Waals surface area contributed by atoms with E-state index in [1.807, 2.05) is 31.2 Å². The summed E-state index contributed by atoms with van der Waals surface area (Å²) in [6.45, 7) is 1.70. The molecule has 3 N–H and O–H groups in total. The first kappa shape index (κ1) is 20.8. The summed E-state index contributed by atoms with van der Waals surface area (Å²) >= 11 is 0. The number of carbonyl (C=O) groups is 2. The smallest absolute Gasteiger partial charge is 0.323 e. The summed E-state index contributed by atoms with van der Waals surface area (Å²) < 4.78 is 1.27. The van der Waals surface area contributed by atoms with Crippen LogP contribution in [0.4, 0.5) is 21.9 Å². The Hall–Kier alpha value is -4.46. The predicted octanol–water partition coefficient (Wildman–Crippen LogP) is 3.99. The molecule has 3 aromatic carbocycles. The fourth-order valence-corrected chi connectivity index (χ4v) is 3.29. The SMILES string of the molecule is Cc1cccc2c(=O)n(CC(=O)Nc3cccc(NC(=O)Nc4ccccc4)c3)cnc12. The molecule has 8 nitrogen and oxygen atoms in total. The minimum absolute atomic E-state index is 0.179. The van der Waals surface area contributed by atoms with Crippen LogP contribution in [0.1, 0.15) is 5.56 Å². The van der Waals surface area contributed by atoms with E-state index in [4.69, 9.17) is 0 Å². The van der Waals surface area contributed by atoms with Gasteiger partial charge in [0.25, 0.3) is 5.56 Å². The Labute approximate surface area is 183 Å². The average molecular weight is 427 g/mol. The van der Waals surface area contributed by atoms with Gasteiger partial charge >= 0.3 is 6.03 Å². The molecule has 0 spiro atoms. The van der Waals surface area contributed by atoms with E-state index in [0.717, 1.165) is 5.56 Å². The molecule has 0 aliphatic rings. The van der Waals surface area contributed by atoms with Crippen molar-refractivity contribution in [2.75, 3.05) is 16.0 Å². The summed E-state index contributed by atoms with van der Waals surface area (Å²) in [4.78, 5) is 41.7. The van der Waals surface area contributed by atoms with Gasteiger partial charge in [-0.15, -0.1) is 0 Å². The highest BCUT2D eigenvalue weighted by Crippen LogP contribution is 2.16. The van der Waals surface area contributed by atoms with Crippen LogP contribution in [0.5, 0.6) is 0 Å². The van der Waals surface area contributed by atoms with Gasteiger partial charge in [0.15, 0.2) is 0 Å². The normalized spacial score (nSPS) is 10.5. The maximum absolute atomic E-state index is 12.7. The van der Waals surface area contributed by atoms with Crippen LogP contribution in [0.3, 0.4) is 0 Å². The lowest BCUT2D eigenvalue weighted by molar-refractivity contribution is -0.116. The van der Waals surface area contributed by atoms with Crippen molar-refractivity contribution in [1.29, 1.82) is 0 Å². The molecule has 32 heavy (non-hydrogen) atoms. The minimum Gasteiger partial charge on any atom is -0.324 e. The van der Waals surface area contributed by atoms with Crippen molar-refractivity contribution in [2.24, 2.45) is 0 Å². The minimum atomic E-state index is -0.399. The van der Waals surface area contributed by atoms with Gasteiger partial charge in [0.1, 0.15) is 6.54 Å². The van der Waals surface area contributed by atoms with Crippen LogP contribution in [0.2, 0.25) is 0 Å². The number of aromatic nitrogens is 2. The molecule has 0 radical (unpaired) electrons. The molecule has 0 aliphatic carbocycles. The fourth-order valence-electron chi connectivity index (χ4n) is 3.29. The van der Waals surface area contributed by atoms with Crippen molar-refractivity contribution in [3.63, 3.8) is 0 Å². The number of carbonyl (C=O) groups excluding carboxylic acids is 2. The number of rotatable bonds is 5. The Morgan fingerprint density at radius 3 is 2.28 bits per heavy atom. The zero-order chi connectivity index (χ0) is 22.5. The monoisotopic (exact) mass is 427 g/mol. The molecule has 3 amide bonds. The first-order chi connectivity index (χ1) is 15.5. The number of hydrogen-bond acceptors (Lipinski definition) is 4. The zero-order valence-corrected chi connectivity index (χ0v) is 17.3. The maximum atomic E-state index is 12.7. The summed E-state index contributed by atoms with van der Waals surface area (Å²) in [7, 11) is 0. The van der Waals surface area contributed by atoms with E-state index in [9.17, 15) is 14.4 Å². The van der Waals surface area contributed by atoms with Gasteiger partial charge in [-0.2, -0.15) is 0 Å². The van der Waals surface area contributed by atoms with E-state index in [-0.39, 0.29) is 18.0 Å². The molecule has 1 heterocycles. The van der Waals surface area contributed by atoms with Gasteiger partial charge in [0.05, 0.1) is 17.2 Å². The Morgan fingerprint density at radius 2 is 1.50 bits per heavy atom. The van der Waals surface area contributed by atoms with E-state index in [1.54, 1.807) is 48.5 Å². The van der Waals surface area contributed by atoms with Gasteiger partial charge in [0.2, 0.25) is 5.91 Å². The van der Waals surface area contributed by atoms with Gasteiger partial charge in [-0.05, 0) is 48.9 Å². The second-order valence-electron chi connectivity index (χ2n) is 7.22. The molecule has 0 bridgehead atoms. The number of nitrogens with zero attached hydrogens (tertiary/aromatic N) is 2. The quantitative estimate of drug-likeness (QED) is 0.448. The standard InChI is InChI=1S/C24H21N5O3/c1-16-7-5-12-20-22(16)25-15-29(23(20)31)14-21(30)26-18-10-6-11-19(13-18)28-24(32)27-17-8-3-2-4-9-17/h2-13,15H,14H2,1H3,(H,26,30)(H2,27,28,32).